The van der Waals surface area contributed by atoms with Crippen molar-refractivity contribution in [1.29, 1.82) is 5.26 Å². The molecule has 6 nitrogen and oxygen atoms in total. The standard InChI is InChI=1S/C17H20FN5O/c1-2-3-4-5-8-24-14-7-6-11(18)9-12(14)15-13(10-19)16(20)23-17(21)22-15/h6-7,9H,2-5,8H2,1H3,(H4,20,21,22,23). The molecule has 0 radical (unpaired) electrons. The molecule has 2 aromatic rings. The number of hydrogen-bond acceptors (Lipinski definition) is 6. The van der Waals surface area contributed by atoms with Crippen LogP contribution >= 0.6 is 0 Å². The first-order chi connectivity index (χ1) is 11.6. The van der Waals surface area contributed by atoms with Crippen LogP contribution in [0, 0.1) is 17.1 Å². The molecule has 0 saturated heterocycles. The Labute approximate surface area is 140 Å². The Morgan fingerprint density at radius 3 is 2.71 bits per heavy atom. The number of nitrogens with zero attached hydrogens (tertiary/aromatic N) is 3. The maximum atomic E-state index is 13.7. The van der Waals surface area contributed by atoms with Gasteiger partial charge in [-0.25, -0.2) is 9.37 Å². The third-order valence-electron chi connectivity index (χ3n) is 3.52. The van der Waals surface area contributed by atoms with Crippen molar-refractivity contribution in [2.75, 3.05) is 18.1 Å². The number of benzene rings is 1. The summed E-state index contributed by atoms with van der Waals surface area (Å²) in [6.07, 6.45) is 4.22. The third kappa shape index (κ3) is 4.10. The zero-order valence-corrected chi connectivity index (χ0v) is 13.6. The summed E-state index contributed by atoms with van der Waals surface area (Å²) in [5.41, 5.74) is 11.9. The van der Waals surface area contributed by atoms with E-state index in [0.717, 1.165) is 25.7 Å². The highest BCUT2D eigenvalue weighted by atomic mass is 19.1. The number of aromatic nitrogens is 2. The zero-order chi connectivity index (χ0) is 17.5. The van der Waals surface area contributed by atoms with Gasteiger partial charge in [0, 0.05) is 5.56 Å². The van der Waals surface area contributed by atoms with Crippen LogP contribution in [0.3, 0.4) is 0 Å². The quantitative estimate of drug-likeness (QED) is 0.754. The van der Waals surface area contributed by atoms with E-state index in [1.54, 1.807) is 0 Å². The lowest BCUT2D eigenvalue weighted by Gasteiger charge is -2.13. The number of nitriles is 1. The van der Waals surface area contributed by atoms with E-state index in [9.17, 15) is 9.65 Å². The fraction of sp³-hybridized carbons (Fsp3) is 0.353. The van der Waals surface area contributed by atoms with Gasteiger partial charge in [0.05, 0.1) is 12.3 Å². The minimum Gasteiger partial charge on any atom is -0.493 e. The van der Waals surface area contributed by atoms with Crippen molar-refractivity contribution < 1.29 is 9.13 Å². The lowest BCUT2D eigenvalue weighted by Crippen LogP contribution is -2.06. The SMILES string of the molecule is CCCCCCOc1ccc(F)cc1-c1nc(N)nc(N)c1C#N. The van der Waals surface area contributed by atoms with E-state index in [-0.39, 0.29) is 23.0 Å². The van der Waals surface area contributed by atoms with Crippen LogP contribution in [0.2, 0.25) is 0 Å². The Morgan fingerprint density at radius 1 is 1.21 bits per heavy atom. The van der Waals surface area contributed by atoms with Crippen molar-refractivity contribution in [3.8, 4) is 23.1 Å². The molecule has 0 saturated carbocycles. The first-order valence-electron chi connectivity index (χ1n) is 7.82. The van der Waals surface area contributed by atoms with Crippen molar-refractivity contribution >= 4 is 11.8 Å². The van der Waals surface area contributed by atoms with Gasteiger partial charge in [0.1, 0.15) is 29.0 Å². The number of nitrogen functional groups attached to an aromatic ring is 2. The molecular weight excluding hydrogens is 309 g/mol. The summed E-state index contributed by atoms with van der Waals surface area (Å²) in [5, 5.41) is 9.30. The highest BCUT2D eigenvalue weighted by Crippen LogP contribution is 2.33. The summed E-state index contributed by atoms with van der Waals surface area (Å²) >= 11 is 0. The average molecular weight is 329 g/mol. The molecule has 126 valence electrons. The molecule has 0 aliphatic rings. The molecule has 1 aromatic heterocycles. The maximum absolute atomic E-state index is 13.7. The second kappa shape index (κ2) is 8.11. The van der Waals surface area contributed by atoms with Crippen LogP contribution < -0.4 is 16.2 Å². The van der Waals surface area contributed by atoms with Gasteiger partial charge in [-0.3, -0.25) is 0 Å². The minimum absolute atomic E-state index is 0.0434. The Hall–Kier alpha value is -2.88. The topological polar surface area (TPSA) is 111 Å². The molecule has 7 heteroatoms. The van der Waals surface area contributed by atoms with Crippen LogP contribution in [0.25, 0.3) is 11.3 Å². The Morgan fingerprint density at radius 2 is 2.00 bits per heavy atom. The van der Waals surface area contributed by atoms with Crippen LogP contribution in [-0.4, -0.2) is 16.6 Å². The zero-order valence-electron chi connectivity index (χ0n) is 13.6. The fourth-order valence-electron chi connectivity index (χ4n) is 2.33. The number of hydrogen-bond donors (Lipinski definition) is 2. The van der Waals surface area contributed by atoms with Crippen molar-refractivity contribution in [3.63, 3.8) is 0 Å². The van der Waals surface area contributed by atoms with Gasteiger partial charge in [0.25, 0.3) is 0 Å². The monoisotopic (exact) mass is 329 g/mol. The van der Waals surface area contributed by atoms with Crippen molar-refractivity contribution in [3.05, 3.63) is 29.6 Å². The number of unbranched alkanes of at least 4 members (excludes halogenated alkanes) is 3. The number of rotatable bonds is 7. The number of anilines is 2. The van der Waals surface area contributed by atoms with E-state index >= 15 is 0 Å². The van der Waals surface area contributed by atoms with Gasteiger partial charge in [0.2, 0.25) is 5.95 Å². The molecule has 4 N–H and O–H groups in total. The van der Waals surface area contributed by atoms with Crippen LogP contribution in [0.1, 0.15) is 38.2 Å². The van der Waals surface area contributed by atoms with E-state index < -0.39 is 5.82 Å². The largest absolute Gasteiger partial charge is 0.493 e. The molecule has 1 aromatic carbocycles. The second-order valence-corrected chi connectivity index (χ2v) is 5.35. The third-order valence-corrected chi connectivity index (χ3v) is 3.52. The number of halogens is 1. The highest BCUT2D eigenvalue weighted by molar-refractivity contribution is 5.77. The maximum Gasteiger partial charge on any atom is 0.222 e. The minimum atomic E-state index is -0.469. The van der Waals surface area contributed by atoms with E-state index in [0.29, 0.717) is 17.9 Å². The van der Waals surface area contributed by atoms with Crippen LogP contribution in [0.15, 0.2) is 18.2 Å². The van der Waals surface area contributed by atoms with Gasteiger partial charge >= 0.3 is 0 Å². The predicted molar refractivity (Wildman–Crippen MR) is 90.6 cm³/mol. The molecule has 0 atom stereocenters. The summed E-state index contributed by atoms with van der Waals surface area (Å²) in [7, 11) is 0. The molecular formula is C17H20FN5O. The summed E-state index contributed by atoms with van der Waals surface area (Å²) in [6.45, 7) is 2.63. The molecule has 1 heterocycles. The molecule has 0 aliphatic heterocycles. The average Bonchev–Trinajstić information content (AvgIpc) is 2.55. The van der Waals surface area contributed by atoms with Gasteiger partial charge in [-0.1, -0.05) is 26.2 Å². The summed E-state index contributed by atoms with van der Waals surface area (Å²) in [4.78, 5) is 7.82. The normalized spacial score (nSPS) is 10.4. The smallest absolute Gasteiger partial charge is 0.222 e. The first-order valence-corrected chi connectivity index (χ1v) is 7.82. The van der Waals surface area contributed by atoms with E-state index in [4.69, 9.17) is 16.2 Å². The van der Waals surface area contributed by atoms with Gasteiger partial charge in [-0.2, -0.15) is 10.2 Å². The number of nitrogens with two attached hydrogens (primary N) is 2. The molecule has 2 rings (SSSR count). The molecule has 0 amide bonds. The van der Waals surface area contributed by atoms with Crippen molar-refractivity contribution in [1.82, 2.24) is 9.97 Å². The van der Waals surface area contributed by atoms with Gasteiger partial charge in [0.15, 0.2) is 0 Å². The second-order valence-electron chi connectivity index (χ2n) is 5.35. The Kier molecular flexibility index (Phi) is 5.90. The lowest BCUT2D eigenvalue weighted by molar-refractivity contribution is 0.306. The summed E-state index contributed by atoms with van der Waals surface area (Å²) in [6, 6.07) is 6.00. The van der Waals surface area contributed by atoms with E-state index in [2.05, 4.69) is 16.9 Å². The van der Waals surface area contributed by atoms with Crippen molar-refractivity contribution in [2.45, 2.75) is 32.6 Å². The molecule has 0 bridgehead atoms. The molecule has 0 aliphatic carbocycles. The Balaban J connectivity index is 2.36. The van der Waals surface area contributed by atoms with Crippen molar-refractivity contribution in [2.24, 2.45) is 0 Å². The Bertz CT molecular complexity index is 757. The summed E-state index contributed by atoms with van der Waals surface area (Å²) in [5.74, 6) is -0.164. The highest BCUT2D eigenvalue weighted by Gasteiger charge is 2.18. The van der Waals surface area contributed by atoms with Crippen LogP contribution in [0.4, 0.5) is 16.2 Å². The predicted octanol–water partition coefficient (Wildman–Crippen LogP) is 3.28. The fourth-order valence-corrected chi connectivity index (χ4v) is 2.33. The molecule has 0 spiro atoms. The van der Waals surface area contributed by atoms with E-state index in [1.165, 1.54) is 18.2 Å². The first kappa shape index (κ1) is 17.5. The van der Waals surface area contributed by atoms with Crippen LogP contribution in [-0.2, 0) is 0 Å². The van der Waals surface area contributed by atoms with Gasteiger partial charge in [-0.05, 0) is 24.6 Å². The van der Waals surface area contributed by atoms with E-state index in [1.807, 2.05) is 6.07 Å². The van der Waals surface area contributed by atoms with Gasteiger partial charge < -0.3 is 16.2 Å². The van der Waals surface area contributed by atoms with Crippen LogP contribution in [0.5, 0.6) is 5.75 Å². The number of ether oxygens (including phenoxy) is 1. The molecule has 24 heavy (non-hydrogen) atoms. The molecule has 0 unspecified atom stereocenters. The van der Waals surface area contributed by atoms with Gasteiger partial charge in [-0.15, -0.1) is 0 Å². The molecule has 0 fully saturated rings. The summed E-state index contributed by atoms with van der Waals surface area (Å²) < 4.78 is 19.5. The lowest BCUT2D eigenvalue weighted by atomic mass is 10.1.